The minimum Gasteiger partial charge on any atom is -0.368 e. The molecular weight excluding hydrogens is 297 g/mol. The second-order valence-corrected chi connectivity index (χ2v) is 5.56. The summed E-state index contributed by atoms with van der Waals surface area (Å²) in [6.45, 7) is 0.346. The van der Waals surface area contributed by atoms with Gasteiger partial charge in [-0.3, -0.25) is 9.69 Å². The molecule has 1 heterocycles. The lowest BCUT2D eigenvalue weighted by molar-refractivity contribution is -0.135. The summed E-state index contributed by atoms with van der Waals surface area (Å²) in [7, 11) is 5.26. The van der Waals surface area contributed by atoms with Gasteiger partial charge in [0.2, 0.25) is 11.9 Å². The van der Waals surface area contributed by atoms with E-state index in [1.807, 2.05) is 0 Å². The van der Waals surface area contributed by atoms with Crippen molar-refractivity contribution < 1.29 is 9.18 Å². The SMILES string of the molecule is CN(Cc1cnc(N)nc1)C(=O)C(c1cccc(F)c1)N(C)C. The molecule has 2 rings (SSSR count). The highest BCUT2D eigenvalue weighted by atomic mass is 19.1. The molecule has 1 amide bonds. The van der Waals surface area contributed by atoms with Crippen LogP contribution in [0.2, 0.25) is 0 Å². The van der Waals surface area contributed by atoms with Crippen molar-refractivity contribution in [2.45, 2.75) is 12.6 Å². The highest BCUT2D eigenvalue weighted by Gasteiger charge is 2.26. The molecule has 1 aromatic heterocycles. The van der Waals surface area contributed by atoms with E-state index in [1.165, 1.54) is 12.1 Å². The molecule has 2 N–H and O–H groups in total. The van der Waals surface area contributed by atoms with Gasteiger partial charge >= 0.3 is 0 Å². The number of likely N-dealkylation sites (N-methyl/N-ethyl adjacent to an activating group) is 2. The van der Waals surface area contributed by atoms with Crippen LogP contribution in [0.5, 0.6) is 0 Å². The predicted octanol–water partition coefficient (Wildman–Crippen LogP) is 1.46. The van der Waals surface area contributed by atoms with Gasteiger partial charge in [0.05, 0.1) is 0 Å². The van der Waals surface area contributed by atoms with E-state index in [1.54, 1.807) is 55.5 Å². The number of rotatable bonds is 5. The molecule has 1 atom stereocenters. The molecule has 0 spiro atoms. The summed E-state index contributed by atoms with van der Waals surface area (Å²) in [6.07, 6.45) is 3.16. The molecule has 0 saturated heterocycles. The Morgan fingerprint density at radius 1 is 1.26 bits per heavy atom. The minimum absolute atomic E-state index is 0.141. The van der Waals surface area contributed by atoms with Crippen LogP contribution < -0.4 is 5.73 Å². The largest absolute Gasteiger partial charge is 0.368 e. The van der Waals surface area contributed by atoms with E-state index < -0.39 is 6.04 Å². The maximum absolute atomic E-state index is 13.5. The minimum atomic E-state index is -0.564. The number of carbonyl (C=O) groups excluding carboxylic acids is 1. The second kappa shape index (κ2) is 7.15. The zero-order chi connectivity index (χ0) is 17.0. The summed E-state index contributed by atoms with van der Waals surface area (Å²) in [5.41, 5.74) is 6.83. The average Bonchev–Trinajstić information content (AvgIpc) is 2.49. The molecule has 122 valence electrons. The topological polar surface area (TPSA) is 75.4 Å². The molecule has 1 aromatic carbocycles. The number of nitrogens with two attached hydrogens (primary N) is 1. The lowest BCUT2D eigenvalue weighted by Gasteiger charge is -2.28. The third-order valence-electron chi connectivity index (χ3n) is 3.44. The van der Waals surface area contributed by atoms with E-state index in [9.17, 15) is 9.18 Å². The predicted molar refractivity (Wildman–Crippen MR) is 85.7 cm³/mol. The Kier molecular flexibility index (Phi) is 5.23. The third-order valence-corrected chi connectivity index (χ3v) is 3.44. The zero-order valence-electron chi connectivity index (χ0n) is 13.4. The van der Waals surface area contributed by atoms with E-state index in [-0.39, 0.29) is 17.7 Å². The molecule has 0 aliphatic rings. The quantitative estimate of drug-likeness (QED) is 0.903. The van der Waals surface area contributed by atoms with Crippen molar-refractivity contribution in [2.75, 3.05) is 26.9 Å². The molecule has 1 unspecified atom stereocenters. The molecule has 0 fully saturated rings. The first-order valence-electron chi connectivity index (χ1n) is 7.11. The highest BCUT2D eigenvalue weighted by Crippen LogP contribution is 2.22. The number of hydrogen-bond donors (Lipinski definition) is 1. The van der Waals surface area contributed by atoms with Crippen LogP contribution in [0.15, 0.2) is 36.7 Å². The fourth-order valence-electron chi connectivity index (χ4n) is 2.35. The van der Waals surface area contributed by atoms with Crippen LogP contribution in [0.3, 0.4) is 0 Å². The van der Waals surface area contributed by atoms with E-state index in [0.717, 1.165) is 5.56 Å². The molecular formula is C16H20FN5O. The molecule has 6 nitrogen and oxygen atoms in total. The highest BCUT2D eigenvalue weighted by molar-refractivity contribution is 5.83. The van der Waals surface area contributed by atoms with Crippen LogP contribution in [-0.4, -0.2) is 46.8 Å². The number of benzene rings is 1. The lowest BCUT2D eigenvalue weighted by Crippen LogP contribution is -2.38. The average molecular weight is 317 g/mol. The Bertz CT molecular complexity index is 674. The number of halogens is 1. The number of hydrogen-bond acceptors (Lipinski definition) is 5. The number of anilines is 1. The fourth-order valence-corrected chi connectivity index (χ4v) is 2.35. The van der Waals surface area contributed by atoms with Gasteiger partial charge < -0.3 is 10.6 Å². The smallest absolute Gasteiger partial charge is 0.244 e. The Hall–Kier alpha value is -2.54. The van der Waals surface area contributed by atoms with E-state index in [0.29, 0.717) is 12.1 Å². The zero-order valence-corrected chi connectivity index (χ0v) is 13.4. The Labute approximate surface area is 134 Å². The van der Waals surface area contributed by atoms with E-state index >= 15 is 0 Å². The molecule has 0 bridgehead atoms. The van der Waals surface area contributed by atoms with Crippen molar-refractivity contribution >= 4 is 11.9 Å². The van der Waals surface area contributed by atoms with Gasteiger partial charge in [0, 0.05) is 31.5 Å². The van der Waals surface area contributed by atoms with Gasteiger partial charge in [0.15, 0.2) is 0 Å². The van der Waals surface area contributed by atoms with Gasteiger partial charge in [0.25, 0.3) is 0 Å². The molecule has 2 aromatic rings. The Balaban J connectivity index is 2.18. The number of nitrogens with zero attached hydrogens (tertiary/aromatic N) is 4. The van der Waals surface area contributed by atoms with Crippen molar-refractivity contribution in [3.05, 3.63) is 53.6 Å². The monoisotopic (exact) mass is 317 g/mol. The summed E-state index contributed by atoms with van der Waals surface area (Å²) >= 11 is 0. The molecule has 0 aliphatic carbocycles. The van der Waals surface area contributed by atoms with Crippen molar-refractivity contribution in [1.82, 2.24) is 19.8 Å². The number of amides is 1. The normalized spacial score (nSPS) is 12.2. The number of nitrogen functional groups attached to an aromatic ring is 1. The van der Waals surface area contributed by atoms with Crippen LogP contribution in [-0.2, 0) is 11.3 Å². The number of aromatic nitrogens is 2. The maximum atomic E-state index is 13.5. The van der Waals surface area contributed by atoms with Gasteiger partial charge in [0.1, 0.15) is 11.9 Å². The van der Waals surface area contributed by atoms with Crippen LogP contribution >= 0.6 is 0 Å². The van der Waals surface area contributed by atoms with Crippen molar-refractivity contribution in [3.63, 3.8) is 0 Å². The first kappa shape index (κ1) is 16.8. The molecule has 0 aliphatic heterocycles. The van der Waals surface area contributed by atoms with Crippen LogP contribution in [0, 0.1) is 5.82 Å². The van der Waals surface area contributed by atoms with Gasteiger partial charge in [-0.25, -0.2) is 14.4 Å². The van der Waals surface area contributed by atoms with Gasteiger partial charge in [-0.05, 0) is 31.8 Å². The van der Waals surface area contributed by atoms with E-state index in [2.05, 4.69) is 9.97 Å². The molecule has 23 heavy (non-hydrogen) atoms. The van der Waals surface area contributed by atoms with Crippen molar-refractivity contribution in [3.8, 4) is 0 Å². The first-order chi connectivity index (χ1) is 10.9. The Morgan fingerprint density at radius 2 is 1.91 bits per heavy atom. The van der Waals surface area contributed by atoms with E-state index in [4.69, 9.17) is 5.73 Å². The number of carbonyl (C=O) groups is 1. The summed E-state index contributed by atoms with van der Waals surface area (Å²) in [4.78, 5) is 23.9. The Morgan fingerprint density at radius 3 is 2.48 bits per heavy atom. The summed E-state index contributed by atoms with van der Waals surface area (Å²) in [5.74, 6) is -0.317. The standard InChI is InChI=1S/C16H20FN5O/c1-21(2)14(12-5-4-6-13(17)7-12)15(23)22(3)10-11-8-19-16(18)20-9-11/h4-9,14H,10H2,1-3H3,(H2,18,19,20). The van der Waals surface area contributed by atoms with Gasteiger partial charge in [-0.2, -0.15) is 0 Å². The summed E-state index contributed by atoms with van der Waals surface area (Å²) < 4.78 is 13.5. The van der Waals surface area contributed by atoms with Crippen molar-refractivity contribution in [2.24, 2.45) is 0 Å². The maximum Gasteiger partial charge on any atom is 0.244 e. The fraction of sp³-hybridized carbons (Fsp3) is 0.312. The first-order valence-corrected chi connectivity index (χ1v) is 7.11. The summed E-state index contributed by atoms with van der Waals surface area (Å²) in [5, 5.41) is 0. The van der Waals surface area contributed by atoms with Gasteiger partial charge in [-0.1, -0.05) is 12.1 Å². The van der Waals surface area contributed by atoms with Gasteiger partial charge in [-0.15, -0.1) is 0 Å². The molecule has 0 saturated carbocycles. The second-order valence-electron chi connectivity index (χ2n) is 5.56. The third kappa shape index (κ3) is 4.23. The van der Waals surface area contributed by atoms with Crippen LogP contribution in [0.1, 0.15) is 17.2 Å². The van der Waals surface area contributed by atoms with Crippen molar-refractivity contribution in [1.29, 1.82) is 0 Å². The lowest BCUT2D eigenvalue weighted by atomic mass is 10.0. The molecule has 0 radical (unpaired) electrons. The van der Waals surface area contributed by atoms with Crippen LogP contribution in [0.25, 0.3) is 0 Å². The molecule has 7 heteroatoms. The summed E-state index contributed by atoms with van der Waals surface area (Å²) in [6, 6.07) is 5.51. The van der Waals surface area contributed by atoms with Crippen LogP contribution in [0.4, 0.5) is 10.3 Å².